The van der Waals surface area contributed by atoms with E-state index < -0.39 is 5.97 Å². The number of carboxylic acid groups (broad SMARTS) is 1. The first-order chi connectivity index (χ1) is 6.56. The van der Waals surface area contributed by atoms with Crippen LogP contribution in [-0.2, 0) is 0 Å². The molecule has 0 bridgehead atoms. The second-order valence-corrected chi connectivity index (χ2v) is 3.97. The zero-order valence-electron chi connectivity index (χ0n) is 7.40. The molecule has 0 aliphatic carbocycles. The van der Waals surface area contributed by atoms with Gasteiger partial charge in [-0.15, -0.1) is 6.58 Å². The first kappa shape index (κ1) is 11.2. The Bertz CT molecular complexity index is 376. The number of carboxylic acids is 1. The SMILES string of the molecule is C=C[C@H](N)c1ccc(I)c(C(=O)O)c1. The summed E-state index contributed by atoms with van der Waals surface area (Å²) in [7, 11) is 0. The summed E-state index contributed by atoms with van der Waals surface area (Å²) < 4.78 is 0.704. The summed E-state index contributed by atoms with van der Waals surface area (Å²) in [4.78, 5) is 10.8. The zero-order valence-corrected chi connectivity index (χ0v) is 9.56. The lowest BCUT2D eigenvalue weighted by Crippen LogP contribution is -2.09. The van der Waals surface area contributed by atoms with E-state index in [1.54, 1.807) is 24.3 Å². The minimum Gasteiger partial charge on any atom is -0.478 e. The maximum absolute atomic E-state index is 10.8. The highest BCUT2D eigenvalue weighted by molar-refractivity contribution is 14.1. The molecule has 0 radical (unpaired) electrons. The van der Waals surface area contributed by atoms with Crippen molar-refractivity contribution in [2.45, 2.75) is 6.04 Å². The van der Waals surface area contributed by atoms with Gasteiger partial charge in [-0.1, -0.05) is 12.1 Å². The normalized spacial score (nSPS) is 12.1. The molecule has 0 unspecified atom stereocenters. The molecule has 1 aromatic carbocycles. The van der Waals surface area contributed by atoms with Gasteiger partial charge in [-0.2, -0.15) is 0 Å². The smallest absolute Gasteiger partial charge is 0.336 e. The van der Waals surface area contributed by atoms with Gasteiger partial charge in [-0.25, -0.2) is 4.79 Å². The lowest BCUT2D eigenvalue weighted by atomic mass is 10.0. The molecule has 14 heavy (non-hydrogen) atoms. The molecule has 1 atom stereocenters. The lowest BCUT2D eigenvalue weighted by Gasteiger charge is -2.08. The molecule has 3 N–H and O–H groups in total. The Hall–Kier alpha value is -0.880. The van der Waals surface area contributed by atoms with Gasteiger partial charge in [-0.3, -0.25) is 0 Å². The Kier molecular flexibility index (Phi) is 3.65. The molecular formula is C10H10INO2. The van der Waals surface area contributed by atoms with Crippen LogP contribution in [0.25, 0.3) is 0 Å². The van der Waals surface area contributed by atoms with Gasteiger partial charge in [0, 0.05) is 9.61 Å². The van der Waals surface area contributed by atoms with Crippen molar-refractivity contribution < 1.29 is 9.90 Å². The summed E-state index contributed by atoms with van der Waals surface area (Å²) >= 11 is 1.98. The summed E-state index contributed by atoms with van der Waals surface area (Å²) in [5.74, 6) is -0.937. The quantitative estimate of drug-likeness (QED) is 0.664. The monoisotopic (exact) mass is 303 g/mol. The van der Waals surface area contributed by atoms with E-state index in [1.165, 1.54) is 0 Å². The van der Waals surface area contributed by atoms with E-state index in [1.807, 2.05) is 22.6 Å². The number of hydrogen-bond acceptors (Lipinski definition) is 2. The van der Waals surface area contributed by atoms with E-state index in [4.69, 9.17) is 10.8 Å². The molecule has 0 saturated heterocycles. The second-order valence-electron chi connectivity index (χ2n) is 2.81. The number of hydrogen-bond donors (Lipinski definition) is 2. The number of rotatable bonds is 3. The summed E-state index contributed by atoms with van der Waals surface area (Å²) in [6, 6.07) is 4.81. The highest BCUT2D eigenvalue weighted by Gasteiger charge is 2.10. The van der Waals surface area contributed by atoms with Gasteiger partial charge in [0.25, 0.3) is 0 Å². The van der Waals surface area contributed by atoms with Crippen molar-refractivity contribution in [1.82, 2.24) is 0 Å². The van der Waals surface area contributed by atoms with Crippen LogP contribution in [0.1, 0.15) is 22.0 Å². The van der Waals surface area contributed by atoms with Crippen LogP contribution in [0.2, 0.25) is 0 Å². The molecular weight excluding hydrogens is 293 g/mol. The minimum atomic E-state index is -0.937. The molecule has 0 aliphatic rings. The Labute approximate surface area is 95.8 Å². The van der Waals surface area contributed by atoms with Gasteiger partial charge in [0.2, 0.25) is 0 Å². The van der Waals surface area contributed by atoms with Crippen molar-refractivity contribution in [1.29, 1.82) is 0 Å². The number of carbonyl (C=O) groups is 1. The van der Waals surface area contributed by atoms with Crippen LogP contribution in [0.4, 0.5) is 0 Å². The van der Waals surface area contributed by atoms with Gasteiger partial charge in [-0.05, 0) is 40.3 Å². The molecule has 0 aromatic heterocycles. The first-order valence-electron chi connectivity index (χ1n) is 3.97. The Morgan fingerprint density at radius 1 is 1.64 bits per heavy atom. The Morgan fingerprint density at radius 3 is 2.79 bits per heavy atom. The highest BCUT2D eigenvalue weighted by Crippen LogP contribution is 2.18. The van der Waals surface area contributed by atoms with E-state index in [9.17, 15) is 4.79 Å². The number of nitrogens with two attached hydrogens (primary N) is 1. The maximum Gasteiger partial charge on any atom is 0.336 e. The fraction of sp³-hybridized carbons (Fsp3) is 0.100. The van der Waals surface area contributed by atoms with Crippen molar-refractivity contribution in [3.05, 3.63) is 45.6 Å². The molecule has 1 rings (SSSR count). The molecule has 1 aromatic rings. The molecule has 3 nitrogen and oxygen atoms in total. The molecule has 0 heterocycles. The minimum absolute atomic E-state index is 0.278. The summed E-state index contributed by atoms with van der Waals surface area (Å²) in [6.45, 7) is 3.56. The Balaban J connectivity index is 3.19. The topological polar surface area (TPSA) is 63.3 Å². The fourth-order valence-corrected chi connectivity index (χ4v) is 1.62. The summed E-state index contributed by atoms with van der Waals surface area (Å²) in [5.41, 5.74) is 6.74. The summed E-state index contributed by atoms with van der Waals surface area (Å²) in [5, 5.41) is 8.87. The number of halogens is 1. The number of aromatic carboxylic acids is 1. The van der Waals surface area contributed by atoms with Gasteiger partial charge in [0.05, 0.1) is 5.56 Å². The zero-order chi connectivity index (χ0) is 10.7. The molecule has 0 spiro atoms. The lowest BCUT2D eigenvalue weighted by molar-refractivity contribution is 0.0695. The molecule has 0 saturated carbocycles. The van der Waals surface area contributed by atoms with Crippen molar-refractivity contribution in [2.75, 3.05) is 0 Å². The Morgan fingerprint density at radius 2 is 2.29 bits per heavy atom. The molecule has 0 fully saturated rings. The van der Waals surface area contributed by atoms with E-state index in [0.29, 0.717) is 3.57 Å². The maximum atomic E-state index is 10.8. The van der Waals surface area contributed by atoms with Crippen LogP contribution in [0.5, 0.6) is 0 Å². The third-order valence-corrected chi connectivity index (χ3v) is 2.80. The highest BCUT2D eigenvalue weighted by atomic mass is 127. The predicted octanol–water partition coefficient (Wildman–Crippen LogP) is 2.18. The molecule has 74 valence electrons. The van der Waals surface area contributed by atoms with Crippen LogP contribution < -0.4 is 5.73 Å². The standard InChI is InChI=1S/C10H10INO2/c1-2-9(12)6-3-4-8(11)7(5-6)10(13)14/h2-5,9H,1,12H2,(H,13,14)/t9-/m0/s1. The van der Waals surface area contributed by atoms with E-state index in [2.05, 4.69) is 6.58 Å². The van der Waals surface area contributed by atoms with Crippen LogP contribution in [0.3, 0.4) is 0 Å². The first-order valence-corrected chi connectivity index (χ1v) is 5.05. The van der Waals surface area contributed by atoms with E-state index in [-0.39, 0.29) is 11.6 Å². The largest absolute Gasteiger partial charge is 0.478 e. The van der Waals surface area contributed by atoms with Crippen LogP contribution in [0.15, 0.2) is 30.9 Å². The van der Waals surface area contributed by atoms with Crippen molar-refractivity contribution >= 4 is 28.6 Å². The van der Waals surface area contributed by atoms with E-state index in [0.717, 1.165) is 5.56 Å². The fourth-order valence-electron chi connectivity index (χ4n) is 1.05. The van der Waals surface area contributed by atoms with E-state index >= 15 is 0 Å². The third kappa shape index (κ3) is 2.33. The third-order valence-electron chi connectivity index (χ3n) is 1.86. The second kappa shape index (κ2) is 4.56. The number of benzene rings is 1. The van der Waals surface area contributed by atoms with Crippen LogP contribution in [-0.4, -0.2) is 11.1 Å². The van der Waals surface area contributed by atoms with Crippen LogP contribution >= 0.6 is 22.6 Å². The van der Waals surface area contributed by atoms with Gasteiger partial charge in [0.15, 0.2) is 0 Å². The predicted molar refractivity (Wildman–Crippen MR) is 63.2 cm³/mol. The molecule has 0 amide bonds. The average molecular weight is 303 g/mol. The van der Waals surface area contributed by atoms with Gasteiger partial charge >= 0.3 is 5.97 Å². The van der Waals surface area contributed by atoms with Crippen LogP contribution in [0, 0.1) is 3.57 Å². The summed E-state index contributed by atoms with van der Waals surface area (Å²) in [6.07, 6.45) is 1.58. The average Bonchev–Trinajstić information content (AvgIpc) is 2.17. The van der Waals surface area contributed by atoms with Crippen molar-refractivity contribution in [2.24, 2.45) is 5.73 Å². The molecule has 4 heteroatoms. The van der Waals surface area contributed by atoms with Crippen molar-refractivity contribution in [3.63, 3.8) is 0 Å². The van der Waals surface area contributed by atoms with Gasteiger partial charge in [0.1, 0.15) is 0 Å². The molecule has 0 aliphatic heterocycles. The van der Waals surface area contributed by atoms with Crippen molar-refractivity contribution in [3.8, 4) is 0 Å². The van der Waals surface area contributed by atoms with Gasteiger partial charge < -0.3 is 10.8 Å².